The van der Waals surface area contributed by atoms with E-state index in [1.54, 1.807) is 11.3 Å². The first-order valence-electron chi connectivity index (χ1n) is 7.45. The zero-order valence-corrected chi connectivity index (χ0v) is 12.9. The molecule has 22 heavy (non-hydrogen) atoms. The standard InChI is InChI=1S/C19H16N2S/c1-2-5-14(6-3-1)8-9-15-10-11-16-17(13-15)21-19(20-16)18-7-4-12-22-18/h1-7,10-13H,8-9H2,(H,20,21). The highest BCUT2D eigenvalue weighted by molar-refractivity contribution is 7.13. The maximum Gasteiger partial charge on any atom is 0.148 e. The highest BCUT2D eigenvalue weighted by Gasteiger charge is 2.06. The van der Waals surface area contributed by atoms with E-state index in [-0.39, 0.29) is 0 Å². The SMILES string of the molecule is c1ccc(CCc2ccc3nc(-c4cccs4)[nH]c3c2)cc1. The Labute approximate surface area is 133 Å². The lowest BCUT2D eigenvalue weighted by molar-refractivity contribution is 0.962. The van der Waals surface area contributed by atoms with E-state index in [9.17, 15) is 0 Å². The Morgan fingerprint density at radius 2 is 1.73 bits per heavy atom. The van der Waals surface area contributed by atoms with E-state index in [4.69, 9.17) is 0 Å². The van der Waals surface area contributed by atoms with Crippen LogP contribution in [0.4, 0.5) is 0 Å². The molecule has 0 bridgehead atoms. The molecule has 0 unspecified atom stereocenters. The molecule has 2 heterocycles. The molecule has 0 aliphatic rings. The smallest absolute Gasteiger partial charge is 0.148 e. The van der Waals surface area contributed by atoms with E-state index in [0.29, 0.717) is 0 Å². The second kappa shape index (κ2) is 5.78. The molecule has 4 rings (SSSR count). The molecular weight excluding hydrogens is 288 g/mol. The van der Waals surface area contributed by atoms with Crippen LogP contribution in [0.15, 0.2) is 66.0 Å². The lowest BCUT2D eigenvalue weighted by atomic mass is 10.0. The van der Waals surface area contributed by atoms with Gasteiger partial charge in [-0.1, -0.05) is 42.5 Å². The number of thiophene rings is 1. The second-order valence-electron chi connectivity index (χ2n) is 5.40. The summed E-state index contributed by atoms with van der Waals surface area (Å²) in [6, 6.07) is 21.3. The predicted octanol–water partition coefficient (Wildman–Crippen LogP) is 5.08. The van der Waals surface area contributed by atoms with Crippen LogP contribution in [-0.2, 0) is 12.8 Å². The van der Waals surface area contributed by atoms with E-state index in [2.05, 4.69) is 76.0 Å². The molecule has 2 aromatic heterocycles. The summed E-state index contributed by atoms with van der Waals surface area (Å²) in [5.74, 6) is 0.963. The minimum atomic E-state index is 0.963. The van der Waals surface area contributed by atoms with Crippen molar-refractivity contribution in [3.05, 3.63) is 77.2 Å². The summed E-state index contributed by atoms with van der Waals surface area (Å²) in [4.78, 5) is 9.29. The fourth-order valence-electron chi connectivity index (χ4n) is 2.68. The van der Waals surface area contributed by atoms with Crippen LogP contribution in [0.2, 0.25) is 0 Å². The van der Waals surface area contributed by atoms with Gasteiger partial charge in [0.1, 0.15) is 5.82 Å². The zero-order chi connectivity index (χ0) is 14.8. The van der Waals surface area contributed by atoms with E-state index in [1.165, 1.54) is 16.0 Å². The van der Waals surface area contributed by atoms with Crippen LogP contribution < -0.4 is 0 Å². The molecule has 0 spiro atoms. The van der Waals surface area contributed by atoms with Crippen molar-refractivity contribution in [1.82, 2.24) is 9.97 Å². The Morgan fingerprint density at radius 1 is 0.864 bits per heavy atom. The molecular formula is C19H16N2S. The van der Waals surface area contributed by atoms with Gasteiger partial charge in [0.25, 0.3) is 0 Å². The highest BCUT2D eigenvalue weighted by Crippen LogP contribution is 2.25. The lowest BCUT2D eigenvalue weighted by Crippen LogP contribution is -1.90. The Bertz CT molecular complexity index is 876. The zero-order valence-electron chi connectivity index (χ0n) is 12.1. The number of rotatable bonds is 4. The molecule has 2 aromatic carbocycles. The second-order valence-corrected chi connectivity index (χ2v) is 6.35. The first-order chi connectivity index (χ1) is 10.9. The monoisotopic (exact) mass is 304 g/mol. The summed E-state index contributed by atoms with van der Waals surface area (Å²) < 4.78 is 0. The van der Waals surface area contributed by atoms with Crippen LogP contribution >= 0.6 is 11.3 Å². The summed E-state index contributed by atoms with van der Waals surface area (Å²) in [6.07, 6.45) is 2.12. The molecule has 108 valence electrons. The number of aromatic amines is 1. The fraction of sp³-hybridized carbons (Fsp3) is 0.105. The van der Waals surface area contributed by atoms with Gasteiger partial charge in [0.05, 0.1) is 15.9 Å². The van der Waals surface area contributed by atoms with Crippen molar-refractivity contribution in [2.45, 2.75) is 12.8 Å². The van der Waals surface area contributed by atoms with E-state index < -0.39 is 0 Å². The maximum absolute atomic E-state index is 4.67. The summed E-state index contributed by atoms with van der Waals surface area (Å²) >= 11 is 1.71. The van der Waals surface area contributed by atoms with E-state index >= 15 is 0 Å². The third kappa shape index (κ3) is 2.68. The van der Waals surface area contributed by atoms with Crippen molar-refractivity contribution in [3.63, 3.8) is 0 Å². The normalized spacial score (nSPS) is 11.1. The first kappa shape index (κ1) is 13.3. The quantitative estimate of drug-likeness (QED) is 0.560. The number of hydrogen-bond donors (Lipinski definition) is 1. The van der Waals surface area contributed by atoms with E-state index in [0.717, 1.165) is 29.7 Å². The van der Waals surface area contributed by atoms with Crippen molar-refractivity contribution in [3.8, 4) is 10.7 Å². The molecule has 4 aromatic rings. The lowest BCUT2D eigenvalue weighted by Gasteiger charge is -2.02. The predicted molar refractivity (Wildman–Crippen MR) is 93.3 cm³/mol. The molecule has 0 aliphatic carbocycles. The van der Waals surface area contributed by atoms with Crippen LogP contribution in [0.5, 0.6) is 0 Å². The Hall–Kier alpha value is -2.39. The van der Waals surface area contributed by atoms with Crippen molar-refractivity contribution >= 4 is 22.4 Å². The maximum atomic E-state index is 4.67. The van der Waals surface area contributed by atoms with Gasteiger partial charge in [0, 0.05) is 0 Å². The minimum absolute atomic E-state index is 0.963. The number of nitrogens with one attached hydrogen (secondary N) is 1. The van der Waals surface area contributed by atoms with Gasteiger partial charge in [0.15, 0.2) is 0 Å². The third-order valence-corrected chi connectivity index (χ3v) is 4.72. The third-order valence-electron chi connectivity index (χ3n) is 3.85. The van der Waals surface area contributed by atoms with Gasteiger partial charge in [-0.25, -0.2) is 4.98 Å². The summed E-state index contributed by atoms with van der Waals surface area (Å²) in [7, 11) is 0. The molecule has 0 aliphatic heterocycles. The highest BCUT2D eigenvalue weighted by atomic mass is 32.1. The summed E-state index contributed by atoms with van der Waals surface area (Å²) in [5, 5.41) is 2.08. The number of fused-ring (bicyclic) bond motifs is 1. The Balaban J connectivity index is 1.58. The van der Waals surface area contributed by atoms with Gasteiger partial charge in [-0.15, -0.1) is 11.3 Å². The van der Waals surface area contributed by atoms with Crippen molar-refractivity contribution in [1.29, 1.82) is 0 Å². The van der Waals surface area contributed by atoms with Crippen LogP contribution in [0.25, 0.3) is 21.7 Å². The van der Waals surface area contributed by atoms with Gasteiger partial charge < -0.3 is 4.98 Å². The molecule has 0 radical (unpaired) electrons. The van der Waals surface area contributed by atoms with E-state index in [1.807, 2.05) is 0 Å². The fourth-order valence-corrected chi connectivity index (χ4v) is 3.34. The summed E-state index contributed by atoms with van der Waals surface area (Å²) in [6.45, 7) is 0. The number of imidazole rings is 1. The minimum Gasteiger partial charge on any atom is -0.337 e. The Kier molecular flexibility index (Phi) is 3.49. The number of nitrogens with zero attached hydrogens (tertiary/aromatic N) is 1. The number of aryl methyl sites for hydroxylation is 2. The molecule has 0 atom stereocenters. The van der Waals surface area contributed by atoms with Gasteiger partial charge in [-0.05, 0) is 47.5 Å². The molecule has 0 saturated carbocycles. The molecule has 0 saturated heterocycles. The van der Waals surface area contributed by atoms with Crippen LogP contribution in [0.3, 0.4) is 0 Å². The van der Waals surface area contributed by atoms with Crippen LogP contribution in [-0.4, -0.2) is 9.97 Å². The Morgan fingerprint density at radius 3 is 2.55 bits per heavy atom. The number of benzene rings is 2. The molecule has 1 N–H and O–H groups in total. The average molecular weight is 304 g/mol. The average Bonchev–Trinajstić information content (AvgIpc) is 3.22. The van der Waals surface area contributed by atoms with Gasteiger partial charge in [-0.3, -0.25) is 0 Å². The van der Waals surface area contributed by atoms with Crippen molar-refractivity contribution in [2.24, 2.45) is 0 Å². The molecule has 2 nitrogen and oxygen atoms in total. The van der Waals surface area contributed by atoms with Gasteiger partial charge >= 0.3 is 0 Å². The van der Waals surface area contributed by atoms with Crippen molar-refractivity contribution in [2.75, 3.05) is 0 Å². The topological polar surface area (TPSA) is 28.7 Å². The van der Waals surface area contributed by atoms with Crippen LogP contribution in [0, 0.1) is 0 Å². The number of aromatic nitrogens is 2. The molecule has 0 fully saturated rings. The first-order valence-corrected chi connectivity index (χ1v) is 8.33. The molecule has 3 heteroatoms. The van der Waals surface area contributed by atoms with Gasteiger partial charge in [0.2, 0.25) is 0 Å². The molecule has 0 amide bonds. The number of H-pyrrole nitrogens is 1. The summed E-state index contributed by atoms with van der Waals surface area (Å²) in [5.41, 5.74) is 4.88. The van der Waals surface area contributed by atoms with Gasteiger partial charge in [-0.2, -0.15) is 0 Å². The number of hydrogen-bond acceptors (Lipinski definition) is 2. The van der Waals surface area contributed by atoms with Crippen LogP contribution in [0.1, 0.15) is 11.1 Å². The largest absolute Gasteiger partial charge is 0.337 e. The van der Waals surface area contributed by atoms with Crippen molar-refractivity contribution < 1.29 is 0 Å².